The van der Waals surface area contributed by atoms with Crippen molar-refractivity contribution in [2.75, 3.05) is 19.7 Å². The summed E-state index contributed by atoms with van der Waals surface area (Å²) in [5.74, 6) is 1.41. The van der Waals surface area contributed by atoms with Gasteiger partial charge in [0.25, 0.3) is 5.91 Å². The third-order valence-electron chi connectivity index (χ3n) is 3.33. The van der Waals surface area contributed by atoms with Crippen molar-refractivity contribution in [3.63, 3.8) is 0 Å². The summed E-state index contributed by atoms with van der Waals surface area (Å²) >= 11 is 0. The van der Waals surface area contributed by atoms with Crippen LogP contribution in [-0.4, -0.2) is 25.6 Å². The topological polar surface area (TPSA) is 50.4 Å². The van der Waals surface area contributed by atoms with Crippen LogP contribution in [0.1, 0.15) is 31.7 Å². The highest BCUT2D eigenvalue weighted by Gasteiger charge is 2.21. The predicted molar refractivity (Wildman–Crippen MR) is 79.7 cm³/mol. The number of hydrogen-bond acceptors (Lipinski definition) is 3. The van der Waals surface area contributed by atoms with Crippen molar-refractivity contribution < 1.29 is 9.53 Å². The molecule has 20 heavy (non-hydrogen) atoms. The third-order valence-corrected chi connectivity index (χ3v) is 3.33. The van der Waals surface area contributed by atoms with Gasteiger partial charge >= 0.3 is 0 Å². The van der Waals surface area contributed by atoms with Gasteiger partial charge in [-0.15, -0.1) is 0 Å². The van der Waals surface area contributed by atoms with Gasteiger partial charge in [-0.1, -0.05) is 19.1 Å². The number of amides is 1. The van der Waals surface area contributed by atoms with Gasteiger partial charge in [0.1, 0.15) is 5.75 Å². The van der Waals surface area contributed by atoms with Crippen LogP contribution in [0.25, 0.3) is 0 Å². The molecule has 4 nitrogen and oxygen atoms in total. The molecule has 1 aliphatic carbocycles. The van der Waals surface area contributed by atoms with Crippen LogP contribution in [-0.2, 0) is 11.3 Å². The zero-order valence-corrected chi connectivity index (χ0v) is 12.2. The van der Waals surface area contributed by atoms with Gasteiger partial charge in [0.05, 0.1) is 0 Å². The van der Waals surface area contributed by atoms with E-state index < -0.39 is 0 Å². The van der Waals surface area contributed by atoms with Crippen LogP contribution in [0.4, 0.5) is 0 Å². The predicted octanol–water partition coefficient (Wildman–Crippen LogP) is 2.09. The van der Waals surface area contributed by atoms with Crippen molar-refractivity contribution in [3.05, 3.63) is 29.8 Å². The first-order valence-electron chi connectivity index (χ1n) is 7.47. The van der Waals surface area contributed by atoms with Crippen LogP contribution in [0.2, 0.25) is 0 Å². The van der Waals surface area contributed by atoms with E-state index in [9.17, 15) is 4.79 Å². The van der Waals surface area contributed by atoms with E-state index >= 15 is 0 Å². The number of rotatable bonds is 9. The number of nitrogens with one attached hydrogen (secondary N) is 2. The Balaban J connectivity index is 1.65. The van der Waals surface area contributed by atoms with Gasteiger partial charge in [-0.2, -0.15) is 0 Å². The minimum Gasteiger partial charge on any atom is -0.484 e. The molecule has 1 fully saturated rings. The van der Waals surface area contributed by atoms with Crippen LogP contribution in [0, 0.1) is 5.92 Å². The van der Waals surface area contributed by atoms with E-state index in [0.29, 0.717) is 5.92 Å². The molecule has 0 aromatic heterocycles. The molecule has 1 aromatic carbocycles. The molecule has 0 spiro atoms. The summed E-state index contributed by atoms with van der Waals surface area (Å²) in [4.78, 5) is 11.5. The fourth-order valence-electron chi connectivity index (χ4n) is 1.89. The molecule has 0 radical (unpaired) electrons. The summed E-state index contributed by atoms with van der Waals surface area (Å²) in [6.45, 7) is 4.94. The molecule has 2 N–H and O–H groups in total. The second-order valence-electron chi connectivity index (χ2n) is 5.36. The first-order valence-corrected chi connectivity index (χ1v) is 7.47. The van der Waals surface area contributed by atoms with E-state index in [1.165, 1.54) is 18.4 Å². The number of hydrogen-bond donors (Lipinski definition) is 2. The first-order chi connectivity index (χ1) is 9.78. The second-order valence-corrected chi connectivity index (χ2v) is 5.36. The molecule has 0 saturated heterocycles. The first kappa shape index (κ1) is 14.9. The van der Waals surface area contributed by atoms with Gasteiger partial charge < -0.3 is 15.4 Å². The molecule has 110 valence electrons. The SMILES string of the molecule is CCCNCc1ccc(OCC(=O)NCC2CC2)cc1. The second kappa shape index (κ2) is 7.90. The molecule has 2 rings (SSSR count). The van der Waals surface area contributed by atoms with Gasteiger partial charge in [-0.05, 0) is 49.4 Å². The van der Waals surface area contributed by atoms with E-state index in [4.69, 9.17) is 4.74 Å². The van der Waals surface area contributed by atoms with Gasteiger partial charge in [-0.3, -0.25) is 4.79 Å². The highest BCUT2D eigenvalue weighted by atomic mass is 16.5. The summed E-state index contributed by atoms with van der Waals surface area (Å²) in [6, 6.07) is 7.88. The zero-order chi connectivity index (χ0) is 14.2. The summed E-state index contributed by atoms with van der Waals surface area (Å²) in [6.07, 6.45) is 3.63. The molecule has 0 unspecified atom stereocenters. The molecule has 0 heterocycles. The Hall–Kier alpha value is -1.55. The summed E-state index contributed by atoms with van der Waals surface area (Å²) < 4.78 is 5.47. The average Bonchev–Trinajstić information content (AvgIpc) is 3.29. The maximum atomic E-state index is 11.5. The molecule has 1 saturated carbocycles. The molecular weight excluding hydrogens is 252 g/mol. The smallest absolute Gasteiger partial charge is 0.257 e. The lowest BCUT2D eigenvalue weighted by atomic mass is 10.2. The molecule has 0 aliphatic heterocycles. The number of carbonyl (C=O) groups excluding carboxylic acids is 1. The Bertz CT molecular complexity index is 413. The normalized spacial score (nSPS) is 14.1. The van der Waals surface area contributed by atoms with Crippen molar-refractivity contribution in [2.45, 2.75) is 32.7 Å². The maximum absolute atomic E-state index is 11.5. The molecule has 0 bridgehead atoms. The average molecular weight is 276 g/mol. The van der Waals surface area contributed by atoms with Gasteiger partial charge in [0.2, 0.25) is 0 Å². The van der Waals surface area contributed by atoms with Gasteiger partial charge in [0, 0.05) is 13.1 Å². The Kier molecular flexibility index (Phi) is 5.87. The monoisotopic (exact) mass is 276 g/mol. The summed E-state index contributed by atoms with van der Waals surface area (Å²) in [5.41, 5.74) is 1.23. The lowest BCUT2D eigenvalue weighted by Gasteiger charge is -2.08. The van der Waals surface area contributed by atoms with Crippen LogP contribution < -0.4 is 15.4 Å². The van der Waals surface area contributed by atoms with Crippen molar-refractivity contribution in [3.8, 4) is 5.75 Å². The Morgan fingerprint density at radius 1 is 1.30 bits per heavy atom. The Morgan fingerprint density at radius 2 is 2.05 bits per heavy atom. The fraction of sp³-hybridized carbons (Fsp3) is 0.562. The lowest BCUT2D eigenvalue weighted by Crippen LogP contribution is -2.30. The Labute approximate surface area is 120 Å². The fourth-order valence-corrected chi connectivity index (χ4v) is 1.89. The zero-order valence-electron chi connectivity index (χ0n) is 12.2. The minimum atomic E-state index is -0.0365. The van der Waals surface area contributed by atoms with E-state index in [2.05, 4.69) is 17.6 Å². The van der Waals surface area contributed by atoms with E-state index in [0.717, 1.165) is 31.8 Å². The van der Waals surface area contributed by atoms with Crippen molar-refractivity contribution >= 4 is 5.91 Å². The van der Waals surface area contributed by atoms with Crippen molar-refractivity contribution in [2.24, 2.45) is 5.92 Å². The van der Waals surface area contributed by atoms with Crippen molar-refractivity contribution in [1.29, 1.82) is 0 Å². The molecule has 1 amide bonds. The highest BCUT2D eigenvalue weighted by Crippen LogP contribution is 2.27. The van der Waals surface area contributed by atoms with E-state index in [1.54, 1.807) is 0 Å². The highest BCUT2D eigenvalue weighted by molar-refractivity contribution is 5.77. The molecule has 1 aliphatic rings. The molecule has 1 aromatic rings. The minimum absolute atomic E-state index is 0.0365. The van der Waals surface area contributed by atoms with Crippen molar-refractivity contribution in [1.82, 2.24) is 10.6 Å². The third kappa shape index (κ3) is 5.61. The number of carbonyl (C=O) groups is 1. The molecular formula is C16H24N2O2. The molecule has 4 heteroatoms. The summed E-state index contributed by atoms with van der Waals surface area (Å²) in [7, 11) is 0. The van der Waals surface area contributed by atoms with E-state index in [-0.39, 0.29) is 12.5 Å². The summed E-state index contributed by atoms with van der Waals surface area (Å²) in [5, 5.41) is 6.24. The van der Waals surface area contributed by atoms with Crippen LogP contribution in [0.5, 0.6) is 5.75 Å². The lowest BCUT2D eigenvalue weighted by molar-refractivity contribution is -0.123. The molecule has 0 atom stereocenters. The maximum Gasteiger partial charge on any atom is 0.257 e. The van der Waals surface area contributed by atoms with Crippen LogP contribution in [0.15, 0.2) is 24.3 Å². The van der Waals surface area contributed by atoms with Gasteiger partial charge in [-0.25, -0.2) is 0 Å². The Morgan fingerprint density at radius 3 is 2.70 bits per heavy atom. The van der Waals surface area contributed by atoms with Crippen LogP contribution in [0.3, 0.4) is 0 Å². The van der Waals surface area contributed by atoms with E-state index in [1.807, 2.05) is 24.3 Å². The quantitative estimate of drug-likeness (QED) is 0.679. The van der Waals surface area contributed by atoms with Crippen LogP contribution >= 0.6 is 0 Å². The van der Waals surface area contributed by atoms with Gasteiger partial charge in [0.15, 0.2) is 6.61 Å². The largest absolute Gasteiger partial charge is 0.484 e. The number of ether oxygens (including phenoxy) is 1. The standard InChI is InChI=1S/C16H24N2O2/c1-2-9-17-10-13-5-7-15(8-6-13)20-12-16(19)18-11-14-3-4-14/h5-8,14,17H,2-4,9-12H2,1H3,(H,18,19). The number of benzene rings is 1.